The molecule has 1 saturated carbocycles. The maximum atomic E-state index is 14.4. The summed E-state index contributed by atoms with van der Waals surface area (Å²) in [6.07, 6.45) is 4.72. The second kappa shape index (κ2) is 7.17. The van der Waals surface area contributed by atoms with Gasteiger partial charge in [-0.15, -0.1) is 11.6 Å². The summed E-state index contributed by atoms with van der Waals surface area (Å²) >= 11 is 6.23. The molecule has 2 rings (SSSR count). The first-order valence-electron chi connectivity index (χ1n) is 8.29. The maximum absolute atomic E-state index is 14.4. The predicted octanol–water partition coefficient (Wildman–Crippen LogP) is 6.67. The van der Waals surface area contributed by atoms with Gasteiger partial charge in [0, 0.05) is 10.4 Å². The highest BCUT2D eigenvalue weighted by molar-refractivity contribution is 6.25. The van der Waals surface area contributed by atoms with Gasteiger partial charge >= 0.3 is 0 Å². The van der Waals surface area contributed by atoms with Crippen molar-refractivity contribution in [3.63, 3.8) is 0 Å². The lowest BCUT2D eigenvalue weighted by Gasteiger charge is -2.18. The second-order valence-corrected chi connectivity index (χ2v) is 7.59. The van der Waals surface area contributed by atoms with E-state index in [9.17, 15) is 8.78 Å². The Bertz CT molecular complexity index is 614. The van der Waals surface area contributed by atoms with E-state index in [2.05, 4.69) is 13.2 Å². The Morgan fingerprint density at radius 2 is 1.91 bits per heavy atom. The van der Waals surface area contributed by atoms with Gasteiger partial charge in [0.1, 0.15) is 0 Å². The largest absolute Gasteiger partial charge is 0.203 e. The van der Waals surface area contributed by atoms with Gasteiger partial charge in [0.15, 0.2) is 11.6 Å². The number of alkyl halides is 1. The van der Waals surface area contributed by atoms with Crippen molar-refractivity contribution in [2.75, 3.05) is 0 Å². The van der Waals surface area contributed by atoms with E-state index in [1.54, 1.807) is 12.1 Å². The Labute approximate surface area is 143 Å². The molecular weight excluding hydrogens is 314 g/mol. The lowest BCUT2D eigenvalue weighted by atomic mass is 9.88. The third-order valence-corrected chi connectivity index (χ3v) is 5.40. The predicted molar refractivity (Wildman–Crippen MR) is 94.7 cm³/mol. The van der Waals surface area contributed by atoms with E-state index < -0.39 is 11.6 Å². The van der Waals surface area contributed by atoms with Gasteiger partial charge in [0.25, 0.3) is 0 Å². The van der Waals surface area contributed by atoms with Gasteiger partial charge in [-0.1, -0.05) is 44.7 Å². The number of allylic oxidation sites excluding steroid dienone is 2. The van der Waals surface area contributed by atoms with Gasteiger partial charge in [0.05, 0.1) is 0 Å². The third-order valence-electron chi connectivity index (χ3n) is 4.83. The molecule has 126 valence electrons. The number of rotatable bonds is 8. The van der Waals surface area contributed by atoms with Crippen molar-refractivity contribution < 1.29 is 8.78 Å². The molecule has 1 fully saturated rings. The fourth-order valence-electron chi connectivity index (χ4n) is 2.74. The molecule has 0 N–H and O–H groups in total. The van der Waals surface area contributed by atoms with Crippen LogP contribution in [0.25, 0.3) is 5.57 Å². The summed E-state index contributed by atoms with van der Waals surface area (Å²) in [4.78, 5) is -0.180. The van der Waals surface area contributed by atoms with E-state index in [0.29, 0.717) is 24.0 Å². The van der Waals surface area contributed by atoms with Crippen LogP contribution in [0.2, 0.25) is 0 Å². The van der Waals surface area contributed by atoms with Crippen LogP contribution in [-0.2, 0) is 6.42 Å². The monoisotopic (exact) mass is 338 g/mol. The SMILES string of the molecule is C=C(CC)CC(C)C(=C)c1ccc(CCC2(Cl)CC2)c(F)c1F. The van der Waals surface area contributed by atoms with Crippen molar-refractivity contribution in [3.05, 3.63) is 53.6 Å². The fraction of sp³-hybridized carbons (Fsp3) is 0.500. The number of benzene rings is 1. The summed E-state index contributed by atoms with van der Waals surface area (Å²) in [6, 6.07) is 3.32. The average molecular weight is 339 g/mol. The molecule has 0 amide bonds. The molecule has 0 aliphatic heterocycles. The van der Waals surface area contributed by atoms with Crippen LogP contribution in [-0.4, -0.2) is 4.87 Å². The molecule has 0 radical (unpaired) electrons. The molecule has 0 nitrogen and oxygen atoms in total. The molecule has 1 aromatic rings. The van der Waals surface area contributed by atoms with E-state index in [1.165, 1.54) is 0 Å². The summed E-state index contributed by atoms with van der Waals surface area (Å²) in [5.41, 5.74) is 2.39. The second-order valence-electron chi connectivity index (χ2n) is 6.79. The van der Waals surface area contributed by atoms with Crippen molar-refractivity contribution in [1.29, 1.82) is 0 Å². The van der Waals surface area contributed by atoms with E-state index in [1.807, 2.05) is 13.8 Å². The van der Waals surface area contributed by atoms with E-state index in [-0.39, 0.29) is 16.4 Å². The average Bonchev–Trinajstić information content (AvgIpc) is 3.26. The van der Waals surface area contributed by atoms with E-state index >= 15 is 0 Å². The van der Waals surface area contributed by atoms with Crippen molar-refractivity contribution in [2.45, 2.75) is 57.2 Å². The van der Waals surface area contributed by atoms with Crippen LogP contribution < -0.4 is 0 Å². The minimum absolute atomic E-state index is 0.0415. The Hall–Kier alpha value is -1.15. The van der Waals surface area contributed by atoms with Crippen LogP contribution in [0, 0.1) is 17.6 Å². The molecule has 1 aromatic carbocycles. The molecule has 1 aliphatic rings. The summed E-state index contributed by atoms with van der Waals surface area (Å²) in [6.45, 7) is 12.0. The van der Waals surface area contributed by atoms with Crippen LogP contribution in [0.4, 0.5) is 8.78 Å². The zero-order valence-corrected chi connectivity index (χ0v) is 14.8. The Morgan fingerprint density at radius 3 is 2.48 bits per heavy atom. The van der Waals surface area contributed by atoms with Gasteiger partial charge in [-0.25, -0.2) is 8.78 Å². The lowest BCUT2D eigenvalue weighted by Crippen LogP contribution is -2.06. The number of aryl methyl sites for hydroxylation is 1. The third kappa shape index (κ3) is 4.44. The summed E-state index contributed by atoms with van der Waals surface area (Å²) in [7, 11) is 0. The first-order chi connectivity index (χ1) is 10.8. The number of hydrogen-bond donors (Lipinski definition) is 0. The molecule has 0 saturated heterocycles. The smallest absolute Gasteiger partial charge is 0.166 e. The summed E-state index contributed by atoms with van der Waals surface area (Å²) < 4.78 is 28.8. The Kier molecular flexibility index (Phi) is 5.67. The standard InChI is InChI=1S/C20H25ClF2/c1-5-13(2)12-14(3)15(4)17-7-6-16(18(22)19(17)23)8-9-20(21)10-11-20/h6-7,14H,2,4-5,8-12H2,1,3H3. The van der Waals surface area contributed by atoms with Gasteiger partial charge in [-0.2, -0.15) is 0 Å². The highest BCUT2D eigenvalue weighted by Gasteiger charge is 2.39. The quantitative estimate of drug-likeness (QED) is 0.366. The summed E-state index contributed by atoms with van der Waals surface area (Å²) in [5.74, 6) is -1.51. The molecule has 1 unspecified atom stereocenters. The highest BCUT2D eigenvalue weighted by Crippen LogP contribution is 2.46. The molecule has 1 aliphatic carbocycles. The Morgan fingerprint density at radius 1 is 1.26 bits per heavy atom. The molecule has 0 spiro atoms. The van der Waals surface area contributed by atoms with Crippen LogP contribution in [0.5, 0.6) is 0 Å². The molecule has 3 heteroatoms. The minimum Gasteiger partial charge on any atom is -0.203 e. The van der Waals surface area contributed by atoms with Crippen molar-refractivity contribution in [2.24, 2.45) is 5.92 Å². The molecule has 1 atom stereocenters. The lowest BCUT2D eigenvalue weighted by molar-refractivity contribution is 0.492. The molecule has 0 bridgehead atoms. The fourth-order valence-corrected chi connectivity index (χ4v) is 2.93. The van der Waals surface area contributed by atoms with Crippen LogP contribution in [0.1, 0.15) is 57.1 Å². The van der Waals surface area contributed by atoms with E-state index in [0.717, 1.165) is 31.3 Å². The number of halogens is 3. The van der Waals surface area contributed by atoms with Crippen LogP contribution >= 0.6 is 11.6 Å². The van der Waals surface area contributed by atoms with Crippen LogP contribution in [0.3, 0.4) is 0 Å². The van der Waals surface area contributed by atoms with E-state index in [4.69, 9.17) is 11.6 Å². The van der Waals surface area contributed by atoms with Crippen molar-refractivity contribution >= 4 is 17.2 Å². The van der Waals surface area contributed by atoms with Gasteiger partial charge in [-0.05, 0) is 55.6 Å². The molecule has 0 aromatic heterocycles. The first-order valence-corrected chi connectivity index (χ1v) is 8.67. The van der Waals surface area contributed by atoms with Gasteiger partial charge in [-0.3, -0.25) is 0 Å². The highest BCUT2D eigenvalue weighted by atomic mass is 35.5. The van der Waals surface area contributed by atoms with Gasteiger partial charge < -0.3 is 0 Å². The number of hydrogen-bond acceptors (Lipinski definition) is 0. The van der Waals surface area contributed by atoms with Crippen molar-refractivity contribution in [1.82, 2.24) is 0 Å². The maximum Gasteiger partial charge on any atom is 0.166 e. The zero-order chi connectivity index (χ0) is 17.2. The molecule has 23 heavy (non-hydrogen) atoms. The van der Waals surface area contributed by atoms with Gasteiger partial charge in [0.2, 0.25) is 0 Å². The summed E-state index contributed by atoms with van der Waals surface area (Å²) in [5, 5.41) is 0. The zero-order valence-electron chi connectivity index (χ0n) is 14.0. The first kappa shape index (κ1) is 18.2. The van der Waals surface area contributed by atoms with Crippen LogP contribution in [0.15, 0.2) is 30.9 Å². The van der Waals surface area contributed by atoms with Crippen molar-refractivity contribution in [3.8, 4) is 0 Å². The molecule has 0 heterocycles. The minimum atomic E-state index is -0.791. The molecular formula is C20H25ClF2. The normalized spacial score (nSPS) is 16.9. The topological polar surface area (TPSA) is 0 Å². The Balaban J connectivity index is 2.12.